The van der Waals surface area contributed by atoms with Crippen molar-refractivity contribution in [3.63, 3.8) is 0 Å². The maximum atomic E-state index is 14.0. The summed E-state index contributed by atoms with van der Waals surface area (Å²) in [6.07, 6.45) is 1.42. The fourth-order valence-electron chi connectivity index (χ4n) is 3.63. The predicted molar refractivity (Wildman–Crippen MR) is 112 cm³/mol. The minimum absolute atomic E-state index is 0.0794. The number of likely N-dealkylation sites (tertiary alicyclic amines) is 1. The Morgan fingerprint density at radius 1 is 1.39 bits per heavy atom. The molecule has 170 valence electrons. The summed E-state index contributed by atoms with van der Waals surface area (Å²) in [4.78, 5) is 19.4. The first kappa shape index (κ1) is 23.1. The number of hydrogen-bond acceptors (Lipinski definition) is 7. The highest BCUT2D eigenvalue weighted by Crippen LogP contribution is 2.32. The van der Waals surface area contributed by atoms with Crippen molar-refractivity contribution in [2.24, 2.45) is 5.92 Å². The highest BCUT2D eigenvalue weighted by molar-refractivity contribution is 7.88. The van der Waals surface area contributed by atoms with Crippen molar-refractivity contribution < 1.29 is 27.2 Å². The van der Waals surface area contributed by atoms with E-state index in [1.807, 2.05) is 0 Å². The molecule has 0 bridgehead atoms. The van der Waals surface area contributed by atoms with E-state index in [9.17, 15) is 22.7 Å². The zero-order valence-electron chi connectivity index (χ0n) is 17.4. The van der Waals surface area contributed by atoms with E-state index < -0.39 is 21.9 Å². The van der Waals surface area contributed by atoms with E-state index in [-0.39, 0.29) is 24.0 Å². The van der Waals surface area contributed by atoms with E-state index in [0.29, 0.717) is 24.5 Å². The van der Waals surface area contributed by atoms with Crippen molar-refractivity contribution >= 4 is 21.8 Å². The van der Waals surface area contributed by atoms with Crippen LogP contribution in [-0.4, -0.2) is 73.6 Å². The number of rotatable bonds is 8. The minimum Gasteiger partial charge on any atom is -0.465 e. The smallest absolute Gasteiger partial charge is 0.411 e. The number of aryl methyl sites for hydroxylation is 1. The van der Waals surface area contributed by atoms with Gasteiger partial charge in [0, 0.05) is 19.6 Å². The van der Waals surface area contributed by atoms with Gasteiger partial charge in [-0.05, 0) is 57.0 Å². The van der Waals surface area contributed by atoms with Crippen LogP contribution in [0.25, 0.3) is 11.5 Å². The lowest BCUT2D eigenvalue weighted by Gasteiger charge is -2.34. The van der Waals surface area contributed by atoms with Gasteiger partial charge in [0.25, 0.3) is 5.89 Å². The summed E-state index contributed by atoms with van der Waals surface area (Å²) in [6, 6.07) is 3.82. The zero-order valence-corrected chi connectivity index (χ0v) is 18.2. The molecular formula is C19H26FN5O5S. The SMILES string of the molecule is Cc1noc(-c2ccc(F)cc2N(CC2CCN(CCNS(C)(=O)=O)CC2)C(=O)O)n1. The van der Waals surface area contributed by atoms with Crippen LogP contribution in [0.15, 0.2) is 22.7 Å². The number of nitrogens with one attached hydrogen (secondary N) is 1. The lowest BCUT2D eigenvalue weighted by molar-refractivity contribution is 0.180. The summed E-state index contributed by atoms with van der Waals surface area (Å²) in [5.41, 5.74) is 0.518. The Labute approximate surface area is 180 Å². The normalized spacial score (nSPS) is 15.8. The van der Waals surface area contributed by atoms with Crippen molar-refractivity contribution in [2.75, 3.05) is 43.9 Å². The predicted octanol–water partition coefficient (Wildman–Crippen LogP) is 1.93. The van der Waals surface area contributed by atoms with E-state index in [0.717, 1.165) is 43.2 Å². The third kappa shape index (κ3) is 6.45. The van der Waals surface area contributed by atoms with Crippen molar-refractivity contribution in [2.45, 2.75) is 19.8 Å². The molecule has 1 saturated heterocycles. The number of amides is 1. The molecule has 2 aromatic rings. The Bertz CT molecular complexity index is 1020. The van der Waals surface area contributed by atoms with Crippen molar-refractivity contribution in [3.8, 4) is 11.5 Å². The topological polar surface area (TPSA) is 129 Å². The number of hydrogen-bond donors (Lipinski definition) is 2. The molecule has 0 spiro atoms. The largest absolute Gasteiger partial charge is 0.465 e. The molecule has 12 heteroatoms. The van der Waals surface area contributed by atoms with Gasteiger partial charge in [-0.3, -0.25) is 4.90 Å². The van der Waals surface area contributed by atoms with Gasteiger partial charge in [-0.15, -0.1) is 0 Å². The molecule has 0 unspecified atom stereocenters. The number of sulfonamides is 1. The van der Waals surface area contributed by atoms with Crippen LogP contribution in [0.3, 0.4) is 0 Å². The molecule has 1 aliphatic heterocycles. The molecular weight excluding hydrogens is 429 g/mol. The van der Waals surface area contributed by atoms with E-state index in [2.05, 4.69) is 19.8 Å². The van der Waals surface area contributed by atoms with E-state index in [1.54, 1.807) is 6.92 Å². The van der Waals surface area contributed by atoms with Gasteiger partial charge in [-0.1, -0.05) is 5.16 Å². The third-order valence-electron chi connectivity index (χ3n) is 5.18. The second-order valence-electron chi connectivity index (χ2n) is 7.65. The number of aromatic nitrogens is 2. The summed E-state index contributed by atoms with van der Waals surface area (Å²) in [5.74, 6) is 0.0435. The number of piperidine rings is 1. The first-order valence-electron chi connectivity index (χ1n) is 9.90. The lowest BCUT2D eigenvalue weighted by Crippen LogP contribution is -2.43. The number of nitrogens with zero attached hydrogens (tertiary/aromatic N) is 4. The fourth-order valence-corrected chi connectivity index (χ4v) is 4.10. The average Bonchev–Trinajstić information content (AvgIpc) is 3.12. The first-order chi connectivity index (χ1) is 14.6. The summed E-state index contributed by atoms with van der Waals surface area (Å²) in [7, 11) is -3.22. The summed E-state index contributed by atoms with van der Waals surface area (Å²) >= 11 is 0. The molecule has 1 fully saturated rings. The number of benzene rings is 1. The number of anilines is 1. The number of carbonyl (C=O) groups is 1. The molecule has 2 N–H and O–H groups in total. The van der Waals surface area contributed by atoms with Crippen LogP contribution < -0.4 is 9.62 Å². The van der Waals surface area contributed by atoms with Gasteiger partial charge in [-0.2, -0.15) is 4.98 Å². The molecule has 0 radical (unpaired) electrons. The van der Waals surface area contributed by atoms with Crippen LogP contribution in [-0.2, 0) is 10.0 Å². The van der Waals surface area contributed by atoms with Gasteiger partial charge in [-0.25, -0.2) is 22.3 Å². The van der Waals surface area contributed by atoms with Gasteiger partial charge in [0.15, 0.2) is 5.82 Å². The molecule has 1 aromatic heterocycles. The Morgan fingerprint density at radius 2 is 2.10 bits per heavy atom. The quantitative estimate of drug-likeness (QED) is 0.618. The summed E-state index contributed by atoms with van der Waals surface area (Å²) in [5, 5.41) is 13.6. The van der Waals surface area contributed by atoms with Crippen LogP contribution in [0, 0.1) is 18.7 Å². The zero-order chi connectivity index (χ0) is 22.6. The lowest BCUT2D eigenvalue weighted by atomic mass is 9.95. The molecule has 1 aromatic carbocycles. The van der Waals surface area contributed by atoms with Crippen LogP contribution in [0.2, 0.25) is 0 Å². The van der Waals surface area contributed by atoms with Crippen LogP contribution >= 0.6 is 0 Å². The molecule has 31 heavy (non-hydrogen) atoms. The Balaban J connectivity index is 1.68. The number of halogens is 1. The van der Waals surface area contributed by atoms with Gasteiger partial charge < -0.3 is 14.5 Å². The van der Waals surface area contributed by atoms with Crippen LogP contribution in [0.1, 0.15) is 18.7 Å². The van der Waals surface area contributed by atoms with E-state index >= 15 is 0 Å². The molecule has 0 aliphatic carbocycles. The van der Waals surface area contributed by atoms with Crippen LogP contribution in [0.5, 0.6) is 0 Å². The maximum absolute atomic E-state index is 14.0. The van der Waals surface area contributed by atoms with E-state index in [1.165, 1.54) is 12.1 Å². The monoisotopic (exact) mass is 455 g/mol. The molecule has 0 atom stereocenters. The van der Waals surface area contributed by atoms with Gasteiger partial charge in [0.1, 0.15) is 5.82 Å². The molecule has 2 heterocycles. The van der Waals surface area contributed by atoms with Crippen LogP contribution in [0.4, 0.5) is 14.9 Å². The summed E-state index contributed by atoms with van der Waals surface area (Å²) in [6.45, 7) is 4.22. The molecule has 1 amide bonds. The molecule has 0 saturated carbocycles. The second-order valence-corrected chi connectivity index (χ2v) is 9.49. The van der Waals surface area contributed by atoms with Crippen molar-refractivity contribution in [3.05, 3.63) is 29.8 Å². The number of carboxylic acid groups (broad SMARTS) is 1. The first-order valence-corrected chi connectivity index (χ1v) is 11.8. The Hall–Kier alpha value is -2.57. The van der Waals surface area contributed by atoms with Gasteiger partial charge in [0.2, 0.25) is 10.0 Å². The standard InChI is InChI=1S/C19H26FN5O5S/c1-13-22-18(30-23-13)16-4-3-15(20)11-17(16)25(19(26)27)12-14-5-8-24(9-6-14)10-7-21-31(2,28)29/h3-4,11,14,21H,5-10,12H2,1-2H3,(H,26,27). The van der Waals surface area contributed by atoms with Gasteiger partial charge in [0.05, 0.1) is 17.5 Å². The molecule has 10 nitrogen and oxygen atoms in total. The highest BCUT2D eigenvalue weighted by atomic mass is 32.2. The minimum atomic E-state index is -3.22. The van der Waals surface area contributed by atoms with Gasteiger partial charge >= 0.3 is 6.09 Å². The molecule has 3 rings (SSSR count). The molecule has 1 aliphatic rings. The Morgan fingerprint density at radius 3 is 2.68 bits per heavy atom. The second kappa shape index (κ2) is 9.71. The van der Waals surface area contributed by atoms with E-state index in [4.69, 9.17) is 4.52 Å². The maximum Gasteiger partial charge on any atom is 0.411 e. The fraction of sp³-hybridized carbons (Fsp3) is 0.526. The van der Waals surface area contributed by atoms with Crippen molar-refractivity contribution in [1.82, 2.24) is 19.8 Å². The summed E-state index contributed by atoms with van der Waals surface area (Å²) < 4.78 is 44.0. The highest BCUT2D eigenvalue weighted by Gasteiger charge is 2.27. The van der Waals surface area contributed by atoms with Crippen molar-refractivity contribution in [1.29, 1.82) is 0 Å². The average molecular weight is 456 g/mol. The Kier molecular flexibility index (Phi) is 7.23. The third-order valence-corrected chi connectivity index (χ3v) is 5.91.